The Morgan fingerprint density at radius 3 is 1.90 bits per heavy atom. The van der Waals surface area contributed by atoms with Crippen molar-refractivity contribution in [2.24, 2.45) is 29.6 Å². The molecular weight excluding hydrogens is 327 g/mol. The standard InChI is InChI=1S/C19H24BrF/c1-10-3-16(4-11(2)19(10)21)18(20)17-14-6-12-5-13(8-14)9-15(17)7-12/h3-4,12-15,17-18H,5-9H2,1-2H3. The summed E-state index contributed by atoms with van der Waals surface area (Å²) in [7, 11) is 0. The average molecular weight is 351 g/mol. The van der Waals surface area contributed by atoms with Crippen molar-refractivity contribution in [2.75, 3.05) is 0 Å². The molecule has 0 N–H and O–H groups in total. The fraction of sp³-hybridized carbons (Fsp3) is 0.684. The van der Waals surface area contributed by atoms with Crippen LogP contribution in [0.5, 0.6) is 0 Å². The topological polar surface area (TPSA) is 0 Å². The minimum atomic E-state index is -0.0384. The molecule has 1 aromatic carbocycles. The van der Waals surface area contributed by atoms with Crippen LogP contribution in [0, 0.1) is 49.3 Å². The summed E-state index contributed by atoms with van der Waals surface area (Å²) in [6, 6.07) is 4.12. The number of hydrogen-bond donors (Lipinski definition) is 0. The van der Waals surface area contributed by atoms with Crippen LogP contribution in [0.2, 0.25) is 0 Å². The Bertz CT molecular complexity index is 514. The molecule has 4 saturated carbocycles. The first kappa shape index (κ1) is 14.2. The van der Waals surface area contributed by atoms with Crippen molar-refractivity contribution in [1.82, 2.24) is 0 Å². The highest BCUT2D eigenvalue weighted by Gasteiger charge is 2.50. The molecule has 4 bridgehead atoms. The van der Waals surface area contributed by atoms with Crippen LogP contribution in [0.1, 0.15) is 53.6 Å². The lowest BCUT2D eigenvalue weighted by Crippen LogP contribution is -2.46. The lowest BCUT2D eigenvalue weighted by Gasteiger charge is -2.55. The molecule has 4 fully saturated rings. The van der Waals surface area contributed by atoms with Gasteiger partial charge < -0.3 is 0 Å². The molecule has 0 nitrogen and oxygen atoms in total. The summed E-state index contributed by atoms with van der Waals surface area (Å²) in [6.07, 6.45) is 7.27. The number of rotatable bonds is 2. The van der Waals surface area contributed by atoms with Crippen molar-refractivity contribution in [3.8, 4) is 0 Å². The van der Waals surface area contributed by atoms with E-state index in [9.17, 15) is 4.39 Å². The highest BCUT2D eigenvalue weighted by molar-refractivity contribution is 9.09. The van der Waals surface area contributed by atoms with E-state index in [-0.39, 0.29) is 5.82 Å². The lowest BCUT2D eigenvalue weighted by molar-refractivity contribution is -0.0364. The van der Waals surface area contributed by atoms with Crippen molar-refractivity contribution in [3.63, 3.8) is 0 Å². The minimum Gasteiger partial charge on any atom is -0.206 e. The molecule has 4 aliphatic rings. The Morgan fingerprint density at radius 2 is 1.43 bits per heavy atom. The summed E-state index contributed by atoms with van der Waals surface area (Å²) >= 11 is 4.01. The summed E-state index contributed by atoms with van der Waals surface area (Å²) in [5.74, 6) is 4.55. The van der Waals surface area contributed by atoms with Crippen LogP contribution in [0.4, 0.5) is 4.39 Å². The van der Waals surface area contributed by atoms with Gasteiger partial charge in [-0.1, -0.05) is 28.1 Å². The summed E-state index contributed by atoms with van der Waals surface area (Å²) in [6.45, 7) is 3.78. The van der Waals surface area contributed by atoms with E-state index in [1.54, 1.807) is 0 Å². The third-order valence-electron chi connectivity index (χ3n) is 6.41. The van der Waals surface area contributed by atoms with E-state index in [1.165, 1.54) is 37.7 Å². The van der Waals surface area contributed by atoms with Gasteiger partial charge in [0.25, 0.3) is 0 Å². The molecule has 0 aliphatic heterocycles. The quantitative estimate of drug-likeness (QED) is 0.578. The Kier molecular flexibility index (Phi) is 3.44. The Labute approximate surface area is 135 Å². The van der Waals surface area contributed by atoms with E-state index in [2.05, 4.69) is 28.1 Å². The van der Waals surface area contributed by atoms with Gasteiger partial charge in [-0.2, -0.15) is 0 Å². The monoisotopic (exact) mass is 350 g/mol. The fourth-order valence-corrected chi connectivity index (χ4v) is 6.93. The normalized spacial score (nSPS) is 38.8. The second-order valence-electron chi connectivity index (χ2n) is 7.88. The van der Waals surface area contributed by atoms with Crippen LogP contribution in [-0.4, -0.2) is 0 Å². The van der Waals surface area contributed by atoms with Crippen LogP contribution in [-0.2, 0) is 0 Å². The van der Waals surface area contributed by atoms with Gasteiger partial charge >= 0.3 is 0 Å². The van der Waals surface area contributed by atoms with Gasteiger partial charge in [0.2, 0.25) is 0 Å². The molecule has 0 aromatic heterocycles. The first-order valence-corrected chi connectivity index (χ1v) is 9.35. The minimum absolute atomic E-state index is 0.0384. The zero-order chi connectivity index (χ0) is 14.7. The molecule has 0 radical (unpaired) electrons. The van der Waals surface area contributed by atoms with Crippen molar-refractivity contribution in [2.45, 2.75) is 50.8 Å². The van der Waals surface area contributed by atoms with Crippen LogP contribution in [0.3, 0.4) is 0 Å². The van der Waals surface area contributed by atoms with E-state index in [0.717, 1.165) is 40.7 Å². The van der Waals surface area contributed by atoms with Crippen molar-refractivity contribution >= 4 is 15.9 Å². The number of alkyl halides is 1. The molecule has 114 valence electrons. The van der Waals surface area contributed by atoms with Gasteiger partial charge in [-0.15, -0.1) is 0 Å². The summed E-state index contributed by atoms with van der Waals surface area (Å²) in [4.78, 5) is 0.408. The van der Waals surface area contributed by atoms with Gasteiger partial charge in [-0.25, -0.2) is 4.39 Å². The maximum atomic E-state index is 13.9. The van der Waals surface area contributed by atoms with E-state index in [0.29, 0.717) is 4.83 Å². The summed E-state index contributed by atoms with van der Waals surface area (Å²) in [5.41, 5.74) is 2.88. The van der Waals surface area contributed by atoms with Crippen molar-refractivity contribution in [3.05, 3.63) is 34.6 Å². The Balaban J connectivity index is 1.64. The molecule has 0 amide bonds. The average Bonchev–Trinajstić information content (AvgIpc) is 2.42. The SMILES string of the molecule is Cc1cc(C(Br)C2C3CC4CC(C3)CC2C4)cc(C)c1F. The molecule has 5 rings (SSSR count). The van der Waals surface area contributed by atoms with Gasteiger partial charge in [-0.05, 0) is 92.2 Å². The third-order valence-corrected chi connectivity index (χ3v) is 7.55. The zero-order valence-corrected chi connectivity index (χ0v) is 14.5. The third kappa shape index (κ3) is 2.29. The predicted octanol–water partition coefficient (Wildman–Crippen LogP) is 5.95. The molecule has 4 aliphatic carbocycles. The highest BCUT2D eigenvalue weighted by atomic mass is 79.9. The number of benzene rings is 1. The van der Waals surface area contributed by atoms with Gasteiger partial charge in [0.15, 0.2) is 0 Å². The van der Waals surface area contributed by atoms with Crippen LogP contribution >= 0.6 is 15.9 Å². The molecule has 1 unspecified atom stereocenters. The first-order valence-electron chi connectivity index (χ1n) is 8.43. The summed E-state index contributed by atoms with van der Waals surface area (Å²) in [5, 5.41) is 0. The molecule has 0 spiro atoms. The number of hydrogen-bond acceptors (Lipinski definition) is 0. The molecular formula is C19H24BrF. The van der Waals surface area contributed by atoms with Crippen LogP contribution in [0.15, 0.2) is 12.1 Å². The molecule has 0 heterocycles. The first-order chi connectivity index (χ1) is 10.0. The maximum Gasteiger partial charge on any atom is 0.129 e. The van der Waals surface area contributed by atoms with Crippen LogP contribution in [0.25, 0.3) is 0 Å². The van der Waals surface area contributed by atoms with Crippen molar-refractivity contribution in [1.29, 1.82) is 0 Å². The van der Waals surface area contributed by atoms with Gasteiger partial charge in [0.1, 0.15) is 5.82 Å². The predicted molar refractivity (Wildman–Crippen MR) is 88.1 cm³/mol. The Morgan fingerprint density at radius 1 is 0.952 bits per heavy atom. The van der Waals surface area contributed by atoms with E-state index in [4.69, 9.17) is 0 Å². The van der Waals surface area contributed by atoms with Gasteiger partial charge in [0, 0.05) is 4.83 Å². The summed E-state index contributed by atoms with van der Waals surface area (Å²) < 4.78 is 13.9. The molecule has 21 heavy (non-hydrogen) atoms. The number of aryl methyl sites for hydroxylation is 2. The zero-order valence-electron chi connectivity index (χ0n) is 12.9. The Hall–Kier alpha value is -0.370. The second-order valence-corrected chi connectivity index (χ2v) is 8.87. The molecule has 1 atom stereocenters. The van der Waals surface area contributed by atoms with E-state index < -0.39 is 0 Å². The fourth-order valence-electron chi connectivity index (χ4n) is 5.81. The van der Waals surface area contributed by atoms with E-state index in [1.807, 2.05) is 13.8 Å². The highest BCUT2D eigenvalue weighted by Crippen LogP contribution is 2.60. The second kappa shape index (κ2) is 5.08. The molecule has 0 saturated heterocycles. The molecule has 2 heteroatoms. The maximum absolute atomic E-state index is 13.9. The molecule has 1 aromatic rings. The van der Waals surface area contributed by atoms with Crippen LogP contribution < -0.4 is 0 Å². The van der Waals surface area contributed by atoms with Gasteiger partial charge in [0.05, 0.1) is 0 Å². The van der Waals surface area contributed by atoms with Gasteiger partial charge in [-0.3, -0.25) is 0 Å². The van der Waals surface area contributed by atoms with E-state index >= 15 is 0 Å². The number of halogens is 2. The smallest absolute Gasteiger partial charge is 0.129 e. The lowest BCUT2D eigenvalue weighted by atomic mass is 9.51. The van der Waals surface area contributed by atoms with Crippen molar-refractivity contribution < 1.29 is 4.39 Å². The largest absolute Gasteiger partial charge is 0.206 e.